The highest BCUT2D eigenvalue weighted by molar-refractivity contribution is 14.1. The molecule has 1 saturated carbocycles. The molecule has 0 amide bonds. The first-order chi connectivity index (χ1) is 10.5. The van der Waals surface area contributed by atoms with Crippen molar-refractivity contribution in [2.45, 2.75) is 44.3 Å². The van der Waals surface area contributed by atoms with Gasteiger partial charge >= 0.3 is 5.97 Å². The number of hydrogen-bond donors (Lipinski definition) is 0. The van der Waals surface area contributed by atoms with Gasteiger partial charge in [-0.25, -0.2) is 0 Å². The third-order valence-corrected chi connectivity index (χ3v) is 6.91. The Morgan fingerprint density at radius 1 is 1.55 bits per heavy atom. The van der Waals surface area contributed by atoms with Gasteiger partial charge in [0.2, 0.25) is 0 Å². The van der Waals surface area contributed by atoms with Crippen LogP contribution in [-0.2, 0) is 21.3 Å². The molecule has 0 radical (unpaired) electrons. The highest BCUT2D eigenvalue weighted by Crippen LogP contribution is 2.60. The Balaban J connectivity index is 2.03. The molecule has 7 heteroatoms. The van der Waals surface area contributed by atoms with Gasteiger partial charge in [-0.3, -0.25) is 9.48 Å². The highest BCUT2D eigenvalue weighted by atomic mass is 127. The van der Waals surface area contributed by atoms with Crippen LogP contribution >= 0.6 is 38.5 Å². The van der Waals surface area contributed by atoms with Gasteiger partial charge in [0, 0.05) is 17.7 Å². The fraction of sp³-hybridized carbons (Fsp3) is 0.733. The molecular formula is C15H20BrIN2O3. The summed E-state index contributed by atoms with van der Waals surface area (Å²) < 4.78 is 15.4. The monoisotopic (exact) mass is 482 g/mol. The Morgan fingerprint density at radius 3 is 2.73 bits per heavy atom. The van der Waals surface area contributed by atoms with Crippen LogP contribution in [0.2, 0.25) is 0 Å². The number of halogens is 2. The molecule has 1 aromatic rings. The average Bonchev–Trinajstić information content (AvgIpc) is 2.87. The number of esters is 1. The molecule has 3 heterocycles. The summed E-state index contributed by atoms with van der Waals surface area (Å²) in [6, 6.07) is 0. The average molecular weight is 483 g/mol. The van der Waals surface area contributed by atoms with Crippen LogP contribution in [0.4, 0.5) is 0 Å². The van der Waals surface area contributed by atoms with Gasteiger partial charge in [-0.15, -0.1) is 0 Å². The summed E-state index contributed by atoms with van der Waals surface area (Å²) in [5, 5.41) is 4.54. The summed E-state index contributed by atoms with van der Waals surface area (Å²) in [4.78, 5) is 12.7. The molecule has 5 nitrogen and oxygen atoms in total. The van der Waals surface area contributed by atoms with E-state index in [1.807, 2.05) is 20.2 Å². The molecule has 2 aliphatic heterocycles. The molecule has 4 rings (SSSR count). The van der Waals surface area contributed by atoms with Crippen molar-refractivity contribution >= 4 is 44.5 Å². The first-order valence-corrected chi connectivity index (χ1v) is 9.88. The first kappa shape index (κ1) is 16.7. The van der Waals surface area contributed by atoms with Crippen molar-refractivity contribution in [3.63, 3.8) is 0 Å². The van der Waals surface area contributed by atoms with Crippen LogP contribution in [-0.4, -0.2) is 32.4 Å². The number of nitrogens with zero attached hydrogens (tertiary/aromatic N) is 2. The number of alkyl halides is 1. The van der Waals surface area contributed by atoms with Gasteiger partial charge in [-0.05, 0) is 48.5 Å². The van der Waals surface area contributed by atoms with Crippen molar-refractivity contribution in [3.05, 3.63) is 16.4 Å². The molecule has 2 saturated heterocycles. The molecule has 1 unspecified atom stereocenters. The van der Waals surface area contributed by atoms with E-state index in [1.165, 1.54) is 0 Å². The molecule has 3 fully saturated rings. The van der Waals surface area contributed by atoms with Gasteiger partial charge in [-0.2, -0.15) is 5.10 Å². The minimum absolute atomic E-state index is 0.129. The number of aryl methyl sites for hydroxylation is 1. The predicted molar refractivity (Wildman–Crippen MR) is 93.9 cm³/mol. The molecule has 0 aromatic carbocycles. The normalized spacial score (nSPS) is 33.9. The summed E-state index contributed by atoms with van der Waals surface area (Å²) in [6.45, 7) is 2.25. The fourth-order valence-electron chi connectivity index (χ4n) is 3.62. The first-order valence-electron chi connectivity index (χ1n) is 7.56. The lowest BCUT2D eigenvalue weighted by atomic mass is 9.62. The molecular weight excluding hydrogens is 463 g/mol. The van der Waals surface area contributed by atoms with E-state index < -0.39 is 5.41 Å². The van der Waals surface area contributed by atoms with Crippen LogP contribution in [0.1, 0.15) is 44.4 Å². The minimum atomic E-state index is -0.597. The molecule has 122 valence electrons. The largest absolute Gasteiger partial charge is 0.465 e. The van der Waals surface area contributed by atoms with Gasteiger partial charge in [-0.1, -0.05) is 22.6 Å². The van der Waals surface area contributed by atoms with E-state index in [0.717, 1.165) is 40.3 Å². The molecule has 1 aromatic heterocycles. The summed E-state index contributed by atoms with van der Waals surface area (Å²) in [6.07, 6.45) is 5.01. The summed E-state index contributed by atoms with van der Waals surface area (Å²) in [5.41, 5.74) is 0.0841. The van der Waals surface area contributed by atoms with Crippen LogP contribution in [0, 0.1) is 5.41 Å². The lowest BCUT2D eigenvalue weighted by Crippen LogP contribution is -2.57. The highest BCUT2D eigenvalue weighted by Gasteiger charge is 2.61. The second-order valence-corrected chi connectivity index (χ2v) is 7.84. The molecule has 3 aliphatic rings. The molecule has 22 heavy (non-hydrogen) atoms. The minimum Gasteiger partial charge on any atom is -0.465 e. The molecule has 2 bridgehead atoms. The van der Waals surface area contributed by atoms with Gasteiger partial charge in [0.15, 0.2) is 0 Å². The van der Waals surface area contributed by atoms with Crippen molar-refractivity contribution < 1.29 is 14.3 Å². The van der Waals surface area contributed by atoms with E-state index in [0.29, 0.717) is 6.61 Å². The Kier molecular flexibility index (Phi) is 4.59. The SMILES string of the molecule is CCOC(=O)C12CCC(CI)(CC1)OC2c1nn(C)cc1Br. The van der Waals surface area contributed by atoms with Gasteiger partial charge in [0.1, 0.15) is 17.2 Å². The van der Waals surface area contributed by atoms with Crippen molar-refractivity contribution in [1.29, 1.82) is 0 Å². The van der Waals surface area contributed by atoms with Gasteiger partial charge in [0.25, 0.3) is 0 Å². The zero-order chi connectivity index (χ0) is 16.0. The Morgan fingerprint density at radius 2 is 2.23 bits per heavy atom. The van der Waals surface area contributed by atoms with Crippen LogP contribution in [0.25, 0.3) is 0 Å². The maximum absolute atomic E-state index is 12.7. The third kappa shape index (κ3) is 2.53. The molecule has 0 N–H and O–H groups in total. The quantitative estimate of drug-likeness (QED) is 0.374. The van der Waals surface area contributed by atoms with Crippen molar-refractivity contribution in [2.75, 3.05) is 11.0 Å². The van der Waals surface area contributed by atoms with E-state index in [1.54, 1.807) is 4.68 Å². The predicted octanol–water partition coefficient (Wildman–Crippen LogP) is 3.55. The second kappa shape index (κ2) is 6.05. The molecule has 1 atom stereocenters. The number of ether oxygens (including phenoxy) is 2. The van der Waals surface area contributed by atoms with Crippen molar-refractivity contribution in [2.24, 2.45) is 12.5 Å². The lowest BCUT2D eigenvalue weighted by Gasteiger charge is -2.55. The number of carbonyl (C=O) groups excluding carboxylic acids is 1. The number of rotatable bonds is 4. The zero-order valence-electron chi connectivity index (χ0n) is 12.8. The fourth-order valence-corrected chi connectivity index (χ4v) is 5.14. The van der Waals surface area contributed by atoms with Crippen molar-refractivity contribution in [1.82, 2.24) is 9.78 Å². The van der Waals surface area contributed by atoms with Gasteiger partial charge < -0.3 is 9.47 Å². The topological polar surface area (TPSA) is 53.4 Å². The Bertz CT molecular complexity index is 581. The number of fused-ring (bicyclic) bond motifs is 3. The molecule has 1 aliphatic carbocycles. The van der Waals surface area contributed by atoms with E-state index in [4.69, 9.17) is 9.47 Å². The Labute approximate surface area is 152 Å². The standard InChI is InChI=1S/C15H20BrIN2O3/c1-3-21-13(20)15-6-4-14(9-17,5-7-15)22-12(15)11-10(16)8-19(2)18-11/h8,12H,3-7,9H2,1-2H3. The van der Waals surface area contributed by atoms with Crippen LogP contribution < -0.4 is 0 Å². The van der Waals surface area contributed by atoms with Crippen molar-refractivity contribution in [3.8, 4) is 0 Å². The van der Waals surface area contributed by atoms with E-state index in [2.05, 4.69) is 43.6 Å². The number of hydrogen-bond acceptors (Lipinski definition) is 4. The number of aromatic nitrogens is 2. The van der Waals surface area contributed by atoms with Crippen LogP contribution in [0.15, 0.2) is 10.7 Å². The number of carbonyl (C=O) groups is 1. The van der Waals surface area contributed by atoms with Crippen LogP contribution in [0.5, 0.6) is 0 Å². The second-order valence-electron chi connectivity index (χ2n) is 6.23. The van der Waals surface area contributed by atoms with E-state index in [9.17, 15) is 4.79 Å². The van der Waals surface area contributed by atoms with E-state index in [-0.39, 0.29) is 17.7 Å². The van der Waals surface area contributed by atoms with Crippen LogP contribution in [0.3, 0.4) is 0 Å². The van der Waals surface area contributed by atoms with Gasteiger partial charge in [0.05, 0.1) is 16.7 Å². The lowest BCUT2D eigenvalue weighted by molar-refractivity contribution is -0.236. The third-order valence-electron chi connectivity index (χ3n) is 4.91. The Hall–Kier alpha value is -0.150. The molecule has 0 spiro atoms. The smallest absolute Gasteiger partial charge is 0.315 e. The summed E-state index contributed by atoms with van der Waals surface area (Å²) in [7, 11) is 1.88. The summed E-state index contributed by atoms with van der Waals surface area (Å²) >= 11 is 5.95. The zero-order valence-corrected chi connectivity index (χ0v) is 16.5. The maximum Gasteiger partial charge on any atom is 0.315 e. The van der Waals surface area contributed by atoms with E-state index >= 15 is 0 Å². The summed E-state index contributed by atoms with van der Waals surface area (Å²) in [5.74, 6) is -0.140. The maximum atomic E-state index is 12.7.